The van der Waals surface area contributed by atoms with Gasteiger partial charge in [-0.1, -0.05) is 0 Å². The van der Waals surface area contributed by atoms with E-state index in [2.05, 4.69) is 12.5 Å². The number of hydrogen-bond donors (Lipinski definition) is 0. The van der Waals surface area contributed by atoms with Crippen LogP contribution in [0.25, 0.3) is 0 Å². The molecule has 0 saturated carbocycles. The Hall–Kier alpha value is 0.130. The van der Waals surface area contributed by atoms with Gasteiger partial charge in [-0.05, 0) is 20.8 Å². The molecule has 13 heavy (non-hydrogen) atoms. The topological polar surface area (TPSA) is 61.8 Å². The van der Waals surface area contributed by atoms with Crippen LogP contribution >= 0.6 is 7.82 Å². The molecule has 7 heteroatoms. The monoisotopic (exact) mass is 230 g/mol. The third-order valence-electron chi connectivity index (χ3n) is 0.862. The molecular formula is C6H15O5PS. The van der Waals surface area contributed by atoms with Crippen LogP contribution in [0.15, 0.2) is 0 Å². The Kier molecular flexibility index (Phi) is 12.3. The van der Waals surface area contributed by atoms with E-state index >= 15 is 0 Å². The second kappa shape index (κ2) is 10.2. The molecule has 0 aliphatic heterocycles. The minimum absolute atomic E-state index is 0.331. The van der Waals surface area contributed by atoms with E-state index in [0.29, 0.717) is 19.8 Å². The summed E-state index contributed by atoms with van der Waals surface area (Å²) in [5, 5.41) is 0. The number of phosphoric acid groups is 1. The van der Waals surface area contributed by atoms with Gasteiger partial charge < -0.3 is 0 Å². The van der Waals surface area contributed by atoms with Crippen LogP contribution in [-0.4, -0.2) is 24.0 Å². The largest absolute Gasteiger partial charge is 0.474 e. The average Bonchev–Trinajstić information content (AvgIpc) is 2.09. The fourth-order valence-corrected chi connectivity index (χ4v) is 1.76. The highest BCUT2D eigenvalue weighted by Crippen LogP contribution is 2.48. The summed E-state index contributed by atoms with van der Waals surface area (Å²) in [7, 11) is -3.22. The third-order valence-corrected chi connectivity index (χ3v) is 2.58. The van der Waals surface area contributed by atoms with Crippen molar-refractivity contribution in [2.24, 2.45) is 0 Å². The second-order valence-corrected chi connectivity index (χ2v) is 3.37. The van der Waals surface area contributed by atoms with Crippen molar-refractivity contribution in [1.29, 1.82) is 0 Å². The van der Waals surface area contributed by atoms with E-state index in [1.54, 1.807) is 20.8 Å². The van der Waals surface area contributed by atoms with Gasteiger partial charge >= 0.3 is 7.82 Å². The fourth-order valence-electron chi connectivity index (χ4n) is 0.586. The summed E-state index contributed by atoms with van der Waals surface area (Å²) in [6, 6.07) is 0. The van der Waals surface area contributed by atoms with E-state index in [1.807, 2.05) is 0 Å². The molecule has 0 aromatic heterocycles. The van der Waals surface area contributed by atoms with Crippen LogP contribution in [0.2, 0.25) is 0 Å². The molecule has 0 aliphatic carbocycles. The van der Waals surface area contributed by atoms with E-state index in [4.69, 9.17) is 17.8 Å². The minimum Gasteiger partial charge on any atom is -0.287 e. The van der Waals surface area contributed by atoms with Crippen molar-refractivity contribution in [2.75, 3.05) is 19.8 Å². The molecule has 0 amide bonds. The molecule has 0 fully saturated rings. The quantitative estimate of drug-likeness (QED) is 0.649. The minimum atomic E-state index is -3.22. The van der Waals surface area contributed by atoms with Gasteiger partial charge in [-0.3, -0.25) is 13.6 Å². The molecule has 0 N–H and O–H groups in total. The van der Waals surface area contributed by atoms with E-state index in [9.17, 15) is 4.57 Å². The number of phosphoric ester groups is 1. The van der Waals surface area contributed by atoms with Gasteiger partial charge in [0.2, 0.25) is 0 Å². The highest BCUT2D eigenvalue weighted by atomic mass is 32.1. The molecule has 0 bridgehead atoms. The molecule has 0 unspecified atom stereocenters. The third kappa shape index (κ3) is 8.46. The first-order valence-electron chi connectivity index (χ1n) is 3.88. The summed E-state index contributed by atoms with van der Waals surface area (Å²) in [6.07, 6.45) is 0. The smallest absolute Gasteiger partial charge is 0.287 e. The maximum Gasteiger partial charge on any atom is 0.474 e. The number of hydrogen-bond acceptors (Lipinski definition) is 6. The van der Waals surface area contributed by atoms with E-state index in [0.717, 1.165) is 0 Å². The lowest BCUT2D eigenvalue weighted by Crippen LogP contribution is -1.99. The first kappa shape index (κ1) is 15.6. The van der Waals surface area contributed by atoms with Gasteiger partial charge in [0.25, 0.3) is 0 Å². The van der Waals surface area contributed by atoms with Crippen molar-refractivity contribution in [2.45, 2.75) is 20.8 Å². The maximum absolute atomic E-state index is 11.3. The maximum atomic E-state index is 11.3. The zero-order chi connectivity index (χ0) is 10.7. The average molecular weight is 230 g/mol. The predicted molar refractivity (Wildman–Crippen MR) is 50.6 cm³/mol. The Morgan fingerprint density at radius 3 is 1.31 bits per heavy atom. The highest BCUT2D eigenvalue weighted by Gasteiger charge is 2.23. The molecule has 0 saturated heterocycles. The highest BCUT2D eigenvalue weighted by molar-refractivity contribution is 7.48. The fraction of sp³-hybridized carbons (Fsp3) is 1.00. The van der Waals surface area contributed by atoms with Gasteiger partial charge in [0.15, 0.2) is 12.5 Å². The first-order valence-corrected chi connectivity index (χ1v) is 5.68. The van der Waals surface area contributed by atoms with Crippen LogP contribution in [0.5, 0.6) is 0 Å². The van der Waals surface area contributed by atoms with Gasteiger partial charge in [-0.2, -0.15) is 4.21 Å². The predicted octanol–water partition coefficient (Wildman–Crippen LogP) is 1.87. The van der Waals surface area contributed by atoms with Crippen molar-refractivity contribution >= 4 is 20.4 Å². The van der Waals surface area contributed by atoms with Crippen molar-refractivity contribution in [3.63, 3.8) is 0 Å². The van der Waals surface area contributed by atoms with Crippen LogP contribution in [0.4, 0.5) is 0 Å². The second-order valence-electron chi connectivity index (χ2n) is 1.70. The molecule has 0 aliphatic rings. The summed E-state index contributed by atoms with van der Waals surface area (Å²) in [6.45, 7) is 6.21. The lowest BCUT2D eigenvalue weighted by molar-refractivity contribution is 0.126. The van der Waals surface area contributed by atoms with Crippen molar-refractivity contribution in [3.8, 4) is 0 Å². The Balaban J connectivity index is 0. The summed E-state index contributed by atoms with van der Waals surface area (Å²) in [4.78, 5) is 0. The molecule has 5 nitrogen and oxygen atoms in total. The summed E-state index contributed by atoms with van der Waals surface area (Å²) in [5.41, 5.74) is 0. The zero-order valence-corrected chi connectivity index (χ0v) is 9.73. The van der Waals surface area contributed by atoms with Crippen LogP contribution in [-0.2, 0) is 30.7 Å². The lowest BCUT2D eigenvalue weighted by atomic mass is 10.9. The van der Waals surface area contributed by atoms with Crippen molar-refractivity contribution in [1.82, 2.24) is 0 Å². The summed E-state index contributed by atoms with van der Waals surface area (Å²) >= 11 is 2.83. The van der Waals surface area contributed by atoms with Gasteiger partial charge in [-0.15, -0.1) is 0 Å². The standard InChI is InChI=1S/C6H15O4P.OS/c1-4-8-11(7,9-5-2)10-6-3;1-2/h4-6H2,1-3H3;. The Morgan fingerprint density at radius 2 is 1.15 bits per heavy atom. The zero-order valence-electron chi connectivity index (χ0n) is 8.02. The van der Waals surface area contributed by atoms with Crippen LogP contribution in [0, 0.1) is 0 Å². The van der Waals surface area contributed by atoms with Gasteiger partial charge in [0.1, 0.15) is 0 Å². The molecule has 0 spiro atoms. The Morgan fingerprint density at radius 1 is 0.923 bits per heavy atom. The van der Waals surface area contributed by atoms with Crippen molar-refractivity contribution < 1.29 is 22.3 Å². The van der Waals surface area contributed by atoms with E-state index in [1.165, 1.54) is 0 Å². The molecule has 0 aromatic rings. The van der Waals surface area contributed by atoms with Gasteiger partial charge in [-0.25, -0.2) is 4.57 Å². The molecule has 0 aromatic carbocycles. The van der Waals surface area contributed by atoms with E-state index < -0.39 is 7.82 Å². The van der Waals surface area contributed by atoms with Gasteiger partial charge in [0.05, 0.1) is 19.8 Å². The first-order chi connectivity index (χ1) is 6.18. The van der Waals surface area contributed by atoms with Crippen LogP contribution < -0.4 is 0 Å². The molecule has 0 atom stereocenters. The molecule has 0 heterocycles. The SMILES string of the molecule is CCOP(=O)(OCC)OCC.O=S. The van der Waals surface area contributed by atoms with Crippen LogP contribution in [0.1, 0.15) is 20.8 Å². The number of rotatable bonds is 6. The molecule has 80 valence electrons. The molecular weight excluding hydrogens is 215 g/mol. The lowest BCUT2D eigenvalue weighted by Gasteiger charge is -2.14. The van der Waals surface area contributed by atoms with Crippen molar-refractivity contribution in [3.05, 3.63) is 0 Å². The van der Waals surface area contributed by atoms with E-state index in [-0.39, 0.29) is 0 Å². The summed E-state index contributed by atoms with van der Waals surface area (Å²) in [5.74, 6) is 0. The summed E-state index contributed by atoms with van der Waals surface area (Å²) < 4.78 is 33.6. The Labute approximate surface area is 83.9 Å². The van der Waals surface area contributed by atoms with Crippen LogP contribution in [0.3, 0.4) is 0 Å². The molecule has 0 rings (SSSR count). The van der Waals surface area contributed by atoms with Gasteiger partial charge in [0, 0.05) is 0 Å². The normalized spacial score (nSPS) is 10.4. The molecule has 0 radical (unpaired) electrons. The Bertz CT molecular complexity index is 130.